The van der Waals surface area contributed by atoms with Gasteiger partial charge in [-0.3, -0.25) is 4.79 Å². The molecule has 1 aromatic carbocycles. The Morgan fingerprint density at radius 1 is 1.44 bits per heavy atom. The predicted octanol–water partition coefficient (Wildman–Crippen LogP) is 3.36. The molecule has 0 aliphatic heterocycles. The zero-order chi connectivity index (χ0) is 12.1. The van der Waals surface area contributed by atoms with Crippen LogP contribution in [0.5, 0.6) is 0 Å². The predicted molar refractivity (Wildman–Crippen MR) is 64.1 cm³/mol. The summed E-state index contributed by atoms with van der Waals surface area (Å²) in [6.07, 6.45) is 0. The number of halogens is 3. The number of hydrogen-bond donors (Lipinski definition) is 0. The molecule has 0 spiro atoms. The van der Waals surface area contributed by atoms with E-state index in [1.165, 1.54) is 6.92 Å². The van der Waals surface area contributed by atoms with E-state index >= 15 is 0 Å². The first-order valence-corrected chi connectivity index (χ1v) is 6.05. The maximum atomic E-state index is 13.3. The number of benzene rings is 1. The normalized spacial score (nSPS) is 9.50. The highest BCUT2D eigenvalue weighted by molar-refractivity contribution is 9.10. The minimum Gasteiger partial charge on any atom is -0.288 e. The number of thioether (sulfide) groups is 1. The molecule has 0 heterocycles. The lowest BCUT2D eigenvalue weighted by molar-refractivity contribution is -0.109. The molecule has 0 unspecified atom stereocenters. The largest absolute Gasteiger partial charge is 0.288 e. The molecule has 1 aromatic rings. The molecule has 0 bridgehead atoms. The summed E-state index contributed by atoms with van der Waals surface area (Å²) in [5.74, 6) is 3.70. The second kappa shape index (κ2) is 6.02. The Hall–Kier alpha value is -0.860. The van der Waals surface area contributed by atoms with Crippen LogP contribution in [0.25, 0.3) is 0 Å². The van der Waals surface area contributed by atoms with Gasteiger partial charge in [0.1, 0.15) is 11.6 Å². The molecular weight excluding hydrogens is 298 g/mol. The summed E-state index contributed by atoms with van der Waals surface area (Å²) in [4.78, 5) is 10.6. The van der Waals surface area contributed by atoms with Crippen molar-refractivity contribution >= 4 is 32.8 Å². The molecule has 0 aromatic heterocycles. The molecule has 0 saturated heterocycles. The highest BCUT2D eigenvalue weighted by Gasteiger charge is 2.07. The van der Waals surface area contributed by atoms with Gasteiger partial charge in [-0.1, -0.05) is 39.5 Å². The maximum Gasteiger partial charge on any atom is 0.186 e. The van der Waals surface area contributed by atoms with Crippen LogP contribution < -0.4 is 0 Å². The molecule has 0 aliphatic rings. The Bertz CT molecular complexity index is 454. The summed E-state index contributed by atoms with van der Waals surface area (Å²) in [6.45, 7) is 1.41. The van der Waals surface area contributed by atoms with Gasteiger partial charge in [-0.25, -0.2) is 8.78 Å². The molecule has 0 amide bonds. The Labute approximate surface area is 105 Å². The van der Waals surface area contributed by atoms with Crippen LogP contribution in [-0.2, 0) is 4.79 Å². The van der Waals surface area contributed by atoms with E-state index in [-0.39, 0.29) is 16.4 Å². The van der Waals surface area contributed by atoms with E-state index in [0.717, 1.165) is 23.9 Å². The van der Waals surface area contributed by atoms with Gasteiger partial charge in [0, 0.05) is 11.4 Å². The van der Waals surface area contributed by atoms with Crippen molar-refractivity contribution in [3.8, 4) is 11.8 Å². The molecule has 16 heavy (non-hydrogen) atoms. The van der Waals surface area contributed by atoms with E-state index in [1.807, 2.05) is 0 Å². The molecule has 0 saturated carbocycles. The van der Waals surface area contributed by atoms with Crippen molar-refractivity contribution in [2.45, 2.75) is 6.92 Å². The number of rotatable bonds is 1. The van der Waals surface area contributed by atoms with Gasteiger partial charge >= 0.3 is 0 Å². The third-order valence-corrected chi connectivity index (χ3v) is 2.72. The Kier molecular flexibility index (Phi) is 4.97. The Morgan fingerprint density at radius 2 is 2.00 bits per heavy atom. The first-order valence-electron chi connectivity index (χ1n) is 4.27. The van der Waals surface area contributed by atoms with Crippen LogP contribution in [0, 0.1) is 23.5 Å². The van der Waals surface area contributed by atoms with Gasteiger partial charge < -0.3 is 0 Å². The van der Waals surface area contributed by atoms with E-state index in [4.69, 9.17) is 0 Å². The fourth-order valence-electron chi connectivity index (χ4n) is 0.924. The third-order valence-electron chi connectivity index (χ3n) is 1.57. The van der Waals surface area contributed by atoms with Crippen molar-refractivity contribution < 1.29 is 13.6 Å². The standard InChI is InChI=1S/C11H7BrF2OS/c1-7(15)16-4-2-3-9-10(13)5-8(12)6-11(9)14/h5-6H,4H2,1H3. The summed E-state index contributed by atoms with van der Waals surface area (Å²) < 4.78 is 26.8. The quantitative estimate of drug-likeness (QED) is 0.740. The average molecular weight is 305 g/mol. The van der Waals surface area contributed by atoms with Gasteiger partial charge in [0.15, 0.2) is 5.12 Å². The number of carbonyl (C=O) groups excluding carboxylic acids is 1. The third kappa shape index (κ3) is 3.95. The highest BCUT2D eigenvalue weighted by Crippen LogP contribution is 2.18. The van der Waals surface area contributed by atoms with E-state index in [2.05, 4.69) is 27.8 Å². The van der Waals surface area contributed by atoms with E-state index in [9.17, 15) is 13.6 Å². The van der Waals surface area contributed by atoms with Crippen molar-refractivity contribution in [2.75, 3.05) is 5.75 Å². The molecule has 0 fully saturated rings. The molecule has 0 radical (unpaired) electrons. The van der Waals surface area contributed by atoms with Crippen molar-refractivity contribution in [3.63, 3.8) is 0 Å². The molecule has 0 atom stereocenters. The molecule has 1 nitrogen and oxygen atoms in total. The second-order valence-electron chi connectivity index (χ2n) is 2.83. The lowest BCUT2D eigenvalue weighted by Gasteiger charge is -1.97. The van der Waals surface area contributed by atoms with Crippen LogP contribution in [-0.4, -0.2) is 10.9 Å². The Morgan fingerprint density at radius 3 is 2.50 bits per heavy atom. The number of carbonyl (C=O) groups is 1. The van der Waals surface area contributed by atoms with E-state index in [0.29, 0.717) is 4.47 Å². The maximum absolute atomic E-state index is 13.3. The van der Waals surface area contributed by atoms with E-state index < -0.39 is 11.6 Å². The van der Waals surface area contributed by atoms with Gasteiger partial charge in [-0.15, -0.1) is 0 Å². The summed E-state index contributed by atoms with van der Waals surface area (Å²) >= 11 is 3.97. The lowest BCUT2D eigenvalue weighted by Crippen LogP contribution is -1.90. The topological polar surface area (TPSA) is 17.1 Å². The minimum absolute atomic E-state index is 0.0777. The SMILES string of the molecule is CC(=O)SCC#Cc1c(F)cc(Br)cc1F. The van der Waals surface area contributed by atoms with Crippen LogP contribution in [0.3, 0.4) is 0 Å². The van der Waals surface area contributed by atoms with Crippen LogP contribution in [0.1, 0.15) is 12.5 Å². The molecular formula is C11H7BrF2OS. The van der Waals surface area contributed by atoms with Gasteiger partial charge in [-0.2, -0.15) is 0 Å². The lowest BCUT2D eigenvalue weighted by atomic mass is 10.2. The summed E-state index contributed by atoms with van der Waals surface area (Å²) in [6, 6.07) is 2.29. The van der Waals surface area contributed by atoms with Gasteiger partial charge in [0.2, 0.25) is 0 Å². The average Bonchev–Trinajstić information content (AvgIpc) is 2.14. The first kappa shape index (κ1) is 13.2. The Balaban J connectivity index is 2.84. The second-order valence-corrected chi connectivity index (χ2v) is 4.89. The zero-order valence-electron chi connectivity index (χ0n) is 8.31. The first-order chi connectivity index (χ1) is 7.50. The number of hydrogen-bond acceptors (Lipinski definition) is 2. The fraction of sp³-hybridized carbons (Fsp3) is 0.182. The van der Waals surface area contributed by atoms with E-state index in [1.54, 1.807) is 0 Å². The smallest absolute Gasteiger partial charge is 0.186 e. The molecule has 5 heteroatoms. The molecule has 0 N–H and O–H groups in total. The zero-order valence-corrected chi connectivity index (χ0v) is 10.7. The van der Waals surface area contributed by atoms with Crippen LogP contribution in [0.2, 0.25) is 0 Å². The molecule has 0 aliphatic carbocycles. The summed E-state index contributed by atoms with van der Waals surface area (Å²) in [7, 11) is 0. The van der Waals surface area contributed by atoms with Crippen LogP contribution in [0.4, 0.5) is 8.78 Å². The van der Waals surface area contributed by atoms with Crippen LogP contribution >= 0.6 is 27.7 Å². The minimum atomic E-state index is -0.716. The van der Waals surface area contributed by atoms with Gasteiger partial charge in [-0.05, 0) is 12.1 Å². The van der Waals surface area contributed by atoms with Gasteiger partial charge in [0.05, 0.1) is 11.3 Å². The fourth-order valence-corrected chi connectivity index (χ4v) is 1.67. The van der Waals surface area contributed by atoms with Crippen molar-refractivity contribution in [2.24, 2.45) is 0 Å². The van der Waals surface area contributed by atoms with Crippen molar-refractivity contribution in [3.05, 3.63) is 33.8 Å². The van der Waals surface area contributed by atoms with Crippen molar-refractivity contribution in [1.29, 1.82) is 0 Å². The molecule has 1 rings (SSSR count). The summed E-state index contributed by atoms with van der Waals surface area (Å²) in [5.41, 5.74) is -0.271. The monoisotopic (exact) mass is 304 g/mol. The highest BCUT2D eigenvalue weighted by atomic mass is 79.9. The summed E-state index contributed by atoms with van der Waals surface area (Å²) in [5, 5.41) is -0.0777. The molecule has 84 valence electrons. The van der Waals surface area contributed by atoms with Gasteiger partial charge in [0.25, 0.3) is 0 Å². The van der Waals surface area contributed by atoms with Crippen molar-refractivity contribution in [1.82, 2.24) is 0 Å². The van der Waals surface area contributed by atoms with Crippen LogP contribution in [0.15, 0.2) is 16.6 Å².